The van der Waals surface area contributed by atoms with E-state index >= 15 is 0 Å². The van der Waals surface area contributed by atoms with Crippen LogP contribution in [0.4, 0.5) is 5.69 Å². The van der Waals surface area contributed by atoms with Crippen LogP contribution in [0.2, 0.25) is 0 Å². The van der Waals surface area contributed by atoms with Gasteiger partial charge in [-0.05, 0) is 38.5 Å². The Balaban J connectivity index is 2.42. The number of rotatable bonds is 2. The molecule has 84 valence electrons. The highest BCUT2D eigenvalue weighted by molar-refractivity contribution is 5.42. The highest BCUT2D eigenvalue weighted by Crippen LogP contribution is 2.29. The van der Waals surface area contributed by atoms with E-state index in [1.165, 1.54) is 0 Å². The fourth-order valence-corrected chi connectivity index (χ4v) is 1.65. The molecule has 1 aromatic carbocycles. The first-order chi connectivity index (χ1) is 7.50. The molecule has 0 saturated carbocycles. The fraction of sp³-hybridized carbons (Fsp3) is 0.333. The van der Waals surface area contributed by atoms with Gasteiger partial charge in [0.15, 0.2) is 5.82 Å². The van der Waals surface area contributed by atoms with Crippen LogP contribution in [0.3, 0.4) is 0 Å². The Kier molecular flexibility index (Phi) is 2.42. The third kappa shape index (κ3) is 1.78. The largest absolute Gasteiger partial charge is 0.399 e. The molecule has 0 unspecified atom stereocenters. The summed E-state index contributed by atoms with van der Waals surface area (Å²) >= 11 is 0. The summed E-state index contributed by atoms with van der Waals surface area (Å²) in [6.07, 6.45) is 0. The minimum absolute atomic E-state index is 0.210. The zero-order valence-corrected chi connectivity index (χ0v) is 9.78. The third-order valence-electron chi connectivity index (χ3n) is 2.79. The van der Waals surface area contributed by atoms with Gasteiger partial charge in [0, 0.05) is 5.69 Å². The molecule has 0 fully saturated rings. The van der Waals surface area contributed by atoms with Crippen molar-refractivity contribution in [1.82, 2.24) is 15.2 Å². The number of nitrogens with zero attached hydrogens (tertiary/aromatic N) is 2. The highest BCUT2D eigenvalue weighted by atomic mass is 15.2. The van der Waals surface area contributed by atoms with Crippen LogP contribution in [-0.4, -0.2) is 15.2 Å². The number of hydrogen-bond donors (Lipinski definition) is 2. The zero-order chi connectivity index (χ0) is 11.8. The van der Waals surface area contributed by atoms with Gasteiger partial charge in [0.2, 0.25) is 0 Å². The van der Waals surface area contributed by atoms with Gasteiger partial charge in [-0.25, -0.2) is 4.98 Å². The summed E-state index contributed by atoms with van der Waals surface area (Å²) < 4.78 is 0. The van der Waals surface area contributed by atoms with Crippen LogP contribution in [0.5, 0.6) is 0 Å². The van der Waals surface area contributed by atoms with Crippen molar-refractivity contribution in [3.05, 3.63) is 41.5 Å². The van der Waals surface area contributed by atoms with E-state index in [-0.39, 0.29) is 5.41 Å². The van der Waals surface area contributed by atoms with Gasteiger partial charge < -0.3 is 5.73 Å². The average molecular weight is 216 g/mol. The lowest BCUT2D eigenvalue weighted by Crippen LogP contribution is -2.20. The van der Waals surface area contributed by atoms with Crippen molar-refractivity contribution in [2.24, 2.45) is 0 Å². The Morgan fingerprint density at radius 3 is 2.31 bits per heavy atom. The minimum atomic E-state index is -0.210. The SMILES string of the molecule is Cc1nc(C(C)(C)c2ccc(N)cc2)n[nH]1. The summed E-state index contributed by atoms with van der Waals surface area (Å²) in [5.41, 5.74) is 7.39. The molecule has 1 heterocycles. The number of hydrogen-bond acceptors (Lipinski definition) is 3. The van der Waals surface area contributed by atoms with Crippen molar-refractivity contribution in [3.8, 4) is 0 Å². The summed E-state index contributed by atoms with van der Waals surface area (Å²) in [5.74, 6) is 1.63. The summed E-state index contributed by atoms with van der Waals surface area (Å²) in [5, 5.41) is 7.09. The molecule has 0 amide bonds. The Bertz CT molecular complexity index is 482. The van der Waals surface area contributed by atoms with Crippen LogP contribution >= 0.6 is 0 Å². The fourth-order valence-electron chi connectivity index (χ4n) is 1.65. The first kappa shape index (κ1) is 10.7. The van der Waals surface area contributed by atoms with Crippen molar-refractivity contribution in [3.63, 3.8) is 0 Å². The minimum Gasteiger partial charge on any atom is -0.399 e. The Labute approximate surface area is 94.9 Å². The van der Waals surface area contributed by atoms with E-state index in [0.717, 1.165) is 22.9 Å². The second kappa shape index (κ2) is 3.63. The number of nitrogens with one attached hydrogen (secondary N) is 1. The molecule has 0 radical (unpaired) electrons. The first-order valence-electron chi connectivity index (χ1n) is 5.25. The van der Waals surface area contributed by atoms with E-state index in [4.69, 9.17) is 5.73 Å². The van der Waals surface area contributed by atoms with Gasteiger partial charge in [0.05, 0.1) is 5.41 Å². The number of nitrogens with two attached hydrogens (primary N) is 1. The number of aromatic amines is 1. The van der Waals surface area contributed by atoms with Crippen molar-refractivity contribution >= 4 is 5.69 Å². The molecule has 2 aromatic rings. The smallest absolute Gasteiger partial charge is 0.160 e. The molecule has 0 aliphatic heterocycles. The number of benzene rings is 1. The maximum absolute atomic E-state index is 5.68. The van der Waals surface area contributed by atoms with Crippen molar-refractivity contribution < 1.29 is 0 Å². The number of aryl methyl sites for hydroxylation is 1. The molecule has 2 rings (SSSR count). The molecule has 0 aliphatic carbocycles. The van der Waals surface area contributed by atoms with Crippen LogP contribution in [0.15, 0.2) is 24.3 Å². The normalized spacial score (nSPS) is 11.7. The van der Waals surface area contributed by atoms with Crippen molar-refractivity contribution in [1.29, 1.82) is 0 Å². The third-order valence-corrected chi connectivity index (χ3v) is 2.79. The maximum Gasteiger partial charge on any atom is 0.160 e. The number of aromatic nitrogens is 3. The van der Waals surface area contributed by atoms with Crippen LogP contribution in [0, 0.1) is 6.92 Å². The molecule has 0 bridgehead atoms. The quantitative estimate of drug-likeness (QED) is 0.755. The molecule has 3 N–H and O–H groups in total. The van der Waals surface area contributed by atoms with E-state index < -0.39 is 0 Å². The molecule has 4 heteroatoms. The van der Waals surface area contributed by atoms with Crippen molar-refractivity contribution in [2.75, 3.05) is 5.73 Å². The van der Waals surface area contributed by atoms with Gasteiger partial charge in [0.1, 0.15) is 5.82 Å². The number of H-pyrrole nitrogens is 1. The van der Waals surface area contributed by atoms with Crippen LogP contribution in [0.1, 0.15) is 31.1 Å². The van der Waals surface area contributed by atoms with Gasteiger partial charge in [0.25, 0.3) is 0 Å². The van der Waals surface area contributed by atoms with Crippen LogP contribution in [0.25, 0.3) is 0 Å². The molecular formula is C12H16N4. The molecule has 0 aliphatic rings. The van der Waals surface area contributed by atoms with E-state index in [1.807, 2.05) is 31.2 Å². The summed E-state index contributed by atoms with van der Waals surface area (Å²) in [7, 11) is 0. The summed E-state index contributed by atoms with van der Waals surface area (Å²) in [4.78, 5) is 4.38. The zero-order valence-electron chi connectivity index (χ0n) is 9.78. The van der Waals surface area contributed by atoms with E-state index in [0.29, 0.717) is 0 Å². The Morgan fingerprint density at radius 2 is 1.81 bits per heavy atom. The molecule has 4 nitrogen and oxygen atoms in total. The number of nitrogen functional groups attached to an aromatic ring is 1. The van der Waals surface area contributed by atoms with Gasteiger partial charge in [-0.3, -0.25) is 5.10 Å². The molecule has 0 atom stereocenters. The average Bonchev–Trinajstić information content (AvgIpc) is 2.66. The Hall–Kier alpha value is -1.84. The predicted octanol–water partition coefficient (Wildman–Crippen LogP) is 2.02. The topological polar surface area (TPSA) is 67.6 Å². The van der Waals surface area contributed by atoms with Crippen molar-refractivity contribution in [2.45, 2.75) is 26.2 Å². The highest BCUT2D eigenvalue weighted by Gasteiger charge is 2.27. The lowest BCUT2D eigenvalue weighted by molar-refractivity contribution is 0.593. The standard InChI is InChI=1S/C12H16N4/c1-8-14-11(16-15-8)12(2,3)9-4-6-10(13)7-5-9/h4-7H,13H2,1-3H3,(H,14,15,16). The first-order valence-corrected chi connectivity index (χ1v) is 5.25. The Morgan fingerprint density at radius 1 is 1.19 bits per heavy atom. The van der Waals surface area contributed by atoms with E-state index in [1.54, 1.807) is 0 Å². The maximum atomic E-state index is 5.68. The second-order valence-electron chi connectivity index (χ2n) is 4.49. The van der Waals surface area contributed by atoms with Gasteiger partial charge in [-0.15, -0.1) is 0 Å². The summed E-state index contributed by atoms with van der Waals surface area (Å²) in [6, 6.07) is 7.83. The lowest BCUT2D eigenvalue weighted by Gasteiger charge is -2.21. The molecule has 16 heavy (non-hydrogen) atoms. The van der Waals surface area contributed by atoms with E-state index in [9.17, 15) is 0 Å². The van der Waals surface area contributed by atoms with Gasteiger partial charge in [-0.1, -0.05) is 12.1 Å². The number of anilines is 1. The predicted molar refractivity (Wildman–Crippen MR) is 64.1 cm³/mol. The molecule has 0 spiro atoms. The summed E-state index contributed by atoms with van der Waals surface area (Å²) in [6.45, 7) is 6.10. The van der Waals surface area contributed by atoms with Gasteiger partial charge in [-0.2, -0.15) is 5.10 Å². The molecule has 0 saturated heterocycles. The van der Waals surface area contributed by atoms with Crippen LogP contribution < -0.4 is 5.73 Å². The van der Waals surface area contributed by atoms with Gasteiger partial charge >= 0.3 is 0 Å². The second-order valence-corrected chi connectivity index (χ2v) is 4.49. The monoisotopic (exact) mass is 216 g/mol. The molecule has 1 aromatic heterocycles. The lowest BCUT2D eigenvalue weighted by atomic mass is 9.84. The van der Waals surface area contributed by atoms with E-state index in [2.05, 4.69) is 29.0 Å². The van der Waals surface area contributed by atoms with Crippen LogP contribution in [-0.2, 0) is 5.41 Å². The molecular weight excluding hydrogens is 200 g/mol.